The molecule has 0 aliphatic heterocycles. The average Bonchev–Trinajstić information content (AvgIpc) is 2.97. The molecule has 230 valence electrons. The summed E-state index contributed by atoms with van der Waals surface area (Å²) in [5.74, 6) is 0.659. The molecule has 3 aromatic carbocycles. The molecule has 0 saturated carbocycles. The van der Waals surface area contributed by atoms with E-state index in [0.29, 0.717) is 17.7 Å². The van der Waals surface area contributed by atoms with E-state index in [1.807, 2.05) is 42.5 Å². The Bertz CT molecular complexity index is 1350. The molecule has 0 unspecified atom stereocenters. The normalized spacial score (nSPS) is 13.1. The van der Waals surface area contributed by atoms with Gasteiger partial charge in [-0.05, 0) is 53.4 Å². The van der Waals surface area contributed by atoms with E-state index in [-0.39, 0.29) is 36.0 Å². The fourth-order valence-electron chi connectivity index (χ4n) is 4.25. The molecule has 0 spiro atoms. The van der Waals surface area contributed by atoms with Gasteiger partial charge in [0.05, 0.1) is 24.2 Å². The molecule has 1 N–H and O–H groups in total. The summed E-state index contributed by atoms with van der Waals surface area (Å²) in [7, 11) is -0.733. The van der Waals surface area contributed by atoms with E-state index in [9.17, 15) is 19.7 Å². The number of Topliss-reactive ketones (excluding diaryl/α,β-unsaturated/α-hetero) is 1. The van der Waals surface area contributed by atoms with Gasteiger partial charge in [-0.25, -0.2) is 4.79 Å². The van der Waals surface area contributed by atoms with Gasteiger partial charge in [-0.15, -0.1) is 0 Å². The van der Waals surface area contributed by atoms with Crippen LogP contribution in [0.25, 0.3) is 0 Å². The third kappa shape index (κ3) is 10.0. The highest BCUT2D eigenvalue weighted by molar-refractivity contribution is 6.74. The number of hydrogen-bond donors (Lipinski definition) is 1. The van der Waals surface area contributed by atoms with Gasteiger partial charge in [-0.3, -0.25) is 14.9 Å². The first kappa shape index (κ1) is 33.5. The monoisotopic (exact) mass is 606 g/mol. The van der Waals surface area contributed by atoms with Gasteiger partial charge in [0.2, 0.25) is 0 Å². The van der Waals surface area contributed by atoms with Gasteiger partial charge in [-0.1, -0.05) is 75.4 Å². The Morgan fingerprint density at radius 1 is 0.930 bits per heavy atom. The molecule has 0 heterocycles. The lowest BCUT2D eigenvalue weighted by atomic mass is 9.96. The van der Waals surface area contributed by atoms with Gasteiger partial charge in [-0.2, -0.15) is 0 Å². The fourth-order valence-corrected chi connectivity index (χ4v) is 5.54. The molecule has 0 radical (unpaired) electrons. The van der Waals surface area contributed by atoms with E-state index >= 15 is 0 Å². The topological polar surface area (TPSA) is 117 Å². The van der Waals surface area contributed by atoms with Crippen LogP contribution in [0.5, 0.6) is 5.75 Å². The number of carbonyl (C=O) groups excluding carboxylic acids is 2. The van der Waals surface area contributed by atoms with Gasteiger partial charge < -0.3 is 19.2 Å². The minimum Gasteiger partial charge on any atom is -0.497 e. The smallest absolute Gasteiger partial charge is 0.407 e. The van der Waals surface area contributed by atoms with Crippen molar-refractivity contribution in [2.75, 3.05) is 7.11 Å². The fraction of sp³-hybridized carbons (Fsp3) is 0.394. The van der Waals surface area contributed by atoms with Crippen molar-refractivity contribution in [3.05, 3.63) is 106 Å². The van der Waals surface area contributed by atoms with E-state index in [0.717, 1.165) is 11.1 Å². The van der Waals surface area contributed by atoms with E-state index < -0.39 is 31.5 Å². The molecule has 0 aliphatic carbocycles. The second kappa shape index (κ2) is 14.9. The number of ketones is 1. The molecule has 2 atom stereocenters. The molecule has 1 amide bonds. The van der Waals surface area contributed by atoms with Crippen LogP contribution in [0.15, 0.2) is 78.9 Å². The minimum absolute atomic E-state index is 0.0258. The lowest BCUT2D eigenvalue weighted by Crippen LogP contribution is -2.48. The summed E-state index contributed by atoms with van der Waals surface area (Å²) in [5.41, 5.74) is 2.37. The van der Waals surface area contributed by atoms with E-state index in [2.05, 4.69) is 39.2 Å². The molecule has 9 nitrogen and oxygen atoms in total. The highest BCUT2D eigenvalue weighted by Crippen LogP contribution is 2.41. The van der Waals surface area contributed by atoms with Crippen LogP contribution in [0.1, 0.15) is 56.4 Å². The van der Waals surface area contributed by atoms with E-state index in [1.165, 1.54) is 12.1 Å². The van der Waals surface area contributed by atoms with Gasteiger partial charge in [0.1, 0.15) is 18.1 Å². The Morgan fingerprint density at radius 2 is 1.53 bits per heavy atom. The van der Waals surface area contributed by atoms with Crippen LogP contribution < -0.4 is 10.1 Å². The van der Waals surface area contributed by atoms with E-state index in [1.54, 1.807) is 31.4 Å². The molecule has 0 aliphatic rings. The van der Waals surface area contributed by atoms with Crippen LogP contribution in [0, 0.1) is 10.1 Å². The van der Waals surface area contributed by atoms with Gasteiger partial charge in [0.25, 0.3) is 5.69 Å². The molecular weight excluding hydrogens is 564 g/mol. The maximum absolute atomic E-state index is 13.1. The number of non-ortho nitro benzene ring substituents is 1. The number of ether oxygens (including phenoxy) is 2. The summed E-state index contributed by atoms with van der Waals surface area (Å²) in [6.07, 6.45) is -0.500. The summed E-state index contributed by atoms with van der Waals surface area (Å²) < 4.78 is 17.7. The number of nitro groups is 1. The molecule has 10 heteroatoms. The molecule has 0 saturated heterocycles. The van der Waals surface area contributed by atoms with Gasteiger partial charge in [0, 0.05) is 25.0 Å². The molecular formula is C33H42N2O7Si. The van der Waals surface area contributed by atoms with Crippen molar-refractivity contribution >= 4 is 25.9 Å². The number of nitrogens with zero attached hydrogens (tertiary/aromatic N) is 1. The van der Waals surface area contributed by atoms with Crippen LogP contribution in [0.4, 0.5) is 10.5 Å². The molecule has 3 rings (SSSR count). The Labute approximate surface area is 254 Å². The molecule has 0 aromatic heterocycles. The lowest BCUT2D eigenvalue weighted by Gasteiger charge is -2.41. The first-order valence-corrected chi connectivity index (χ1v) is 17.2. The van der Waals surface area contributed by atoms with Crippen molar-refractivity contribution in [3.8, 4) is 5.75 Å². The highest BCUT2D eigenvalue weighted by Gasteiger charge is 2.41. The largest absolute Gasteiger partial charge is 0.497 e. The lowest BCUT2D eigenvalue weighted by molar-refractivity contribution is -0.384. The number of nitro benzene ring substituents is 1. The molecule has 0 bridgehead atoms. The Morgan fingerprint density at radius 3 is 2.09 bits per heavy atom. The first-order valence-electron chi connectivity index (χ1n) is 14.3. The number of benzene rings is 3. The molecule has 43 heavy (non-hydrogen) atoms. The summed E-state index contributed by atoms with van der Waals surface area (Å²) in [4.78, 5) is 36.7. The quantitative estimate of drug-likeness (QED) is 0.114. The summed E-state index contributed by atoms with van der Waals surface area (Å²) in [5, 5.41) is 13.9. The molecule has 3 aromatic rings. The summed E-state index contributed by atoms with van der Waals surface area (Å²) in [6.45, 7) is 10.8. The maximum atomic E-state index is 13.1. The predicted octanol–water partition coefficient (Wildman–Crippen LogP) is 7.55. The van der Waals surface area contributed by atoms with E-state index in [4.69, 9.17) is 13.9 Å². The SMILES string of the molecule is COc1ccc(COC(=O)N[C@H](CCC(=O)Cc2ccc([N+](=O)[O-])cc2)[C@H](O[Si](C)(C)C(C)(C)C)c2ccccc2)cc1. The Balaban J connectivity index is 1.81. The zero-order chi connectivity index (χ0) is 31.6. The second-order valence-corrected chi connectivity index (χ2v) is 16.8. The van der Waals surface area contributed by atoms with Crippen molar-refractivity contribution in [1.82, 2.24) is 5.32 Å². The second-order valence-electron chi connectivity index (χ2n) is 12.1. The average molecular weight is 607 g/mol. The Kier molecular flexibility index (Phi) is 11.6. The number of carbonyl (C=O) groups is 2. The van der Waals surface area contributed by atoms with Crippen LogP contribution in [0.2, 0.25) is 18.1 Å². The van der Waals surface area contributed by atoms with Gasteiger partial charge in [0.15, 0.2) is 8.32 Å². The number of amides is 1. The summed E-state index contributed by atoms with van der Waals surface area (Å²) >= 11 is 0. The van der Waals surface area contributed by atoms with Crippen molar-refractivity contribution in [2.45, 2.75) is 76.9 Å². The first-order chi connectivity index (χ1) is 20.3. The molecule has 0 fully saturated rings. The minimum atomic E-state index is -2.32. The number of methoxy groups -OCH3 is 1. The standard InChI is InChI=1S/C33H42N2O7Si/c1-33(2,3)43(5,6)42-31(26-10-8-7-9-11-26)30(34-32(37)41-23-25-14-19-29(40-4)20-15-25)21-18-28(36)22-24-12-16-27(17-13-24)35(38)39/h7-17,19-20,30-31H,18,21-23H2,1-6H3,(H,34,37)/t30-,31-/m1/s1. The Hall–Kier alpha value is -4.02. The van der Waals surface area contributed by atoms with Crippen LogP contribution in [-0.2, 0) is 27.0 Å². The number of hydrogen-bond acceptors (Lipinski definition) is 7. The third-order valence-electron chi connectivity index (χ3n) is 7.84. The number of alkyl carbamates (subject to hydrolysis) is 1. The zero-order valence-electron chi connectivity index (χ0n) is 25.8. The highest BCUT2D eigenvalue weighted by atomic mass is 28.4. The van der Waals surface area contributed by atoms with Crippen molar-refractivity contribution in [3.63, 3.8) is 0 Å². The number of nitrogens with one attached hydrogen (secondary N) is 1. The predicted molar refractivity (Wildman–Crippen MR) is 169 cm³/mol. The van der Waals surface area contributed by atoms with Gasteiger partial charge >= 0.3 is 6.09 Å². The van der Waals surface area contributed by atoms with Crippen molar-refractivity contribution < 1.29 is 28.4 Å². The number of rotatable bonds is 14. The van der Waals surface area contributed by atoms with Crippen molar-refractivity contribution in [2.24, 2.45) is 0 Å². The zero-order valence-corrected chi connectivity index (χ0v) is 26.8. The van der Waals surface area contributed by atoms with Crippen LogP contribution >= 0.6 is 0 Å². The van der Waals surface area contributed by atoms with Crippen LogP contribution in [-0.4, -0.2) is 38.3 Å². The van der Waals surface area contributed by atoms with Crippen molar-refractivity contribution in [1.29, 1.82) is 0 Å². The third-order valence-corrected chi connectivity index (χ3v) is 12.3. The summed E-state index contributed by atoms with van der Waals surface area (Å²) in [6, 6.07) is 22.4. The van der Waals surface area contributed by atoms with Crippen LogP contribution in [0.3, 0.4) is 0 Å². The maximum Gasteiger partial charge on any atom is 0.407 e.